The van der Waals surface area contributed by atoms with E-state index in [2.05, 4.69) is 9.88 Å². The van der Waals surface area contributed by atoms with Gasteiger partial charge in [0.2, 0.25) is 11.8 Å². The molecule has 2 aromatic rings. The molecule has 0 unspecified atom stereocenters. The number of rotatable bonds is 7. The molecule has 1 heterocycles. The summed E-state index contributed by atoms with van der Waals surface area (Å²) in [7, 11) is 0. The Bertz CT molecular complexity index is 630. The minimum atomic E-state index is -0.476. The van der Waals surface area contributed by atoms with Crippen molar-refractivity contribution < 1.29 is 31.1 Å². The number of pyridine rings is 1. The molecule has 2 amide bonds. The van der Waals surface area contributed by atoms with Crippen LogP contribution in [0.25, 0.3) is 0 Å². The van der Waals surface area contributed by atoms with Gasteiger partial charge in [0.1, 0.15) is 6.54 Å². The number of carbonyl (C=O) groups excluding carboxylic acids is 2. The number of primary amides is 1. The van der Waals surface area contributed by atoms with Gasteiger partial charge >= 0.3 is 0 Å². The SMILES string of the molecule is NC(=O)c1ccc(NC(=O)CCCC[n+]2ccccc2)cc1.[Br-]. The van der Waals surface area contributed by atoms with Crippen molar-refractivity contribution in [1.82, 2.24) is 0 Å². The Hall–Kier alpha value is -2.21. The summed E-state index contributed by atoms with van der Waals surface area (Å²) in [4.78, 5) is 22.8. The first kappa shape index (κ1) is 18.8. The van der Waals surface area contributed by atoms with Crippen molar-refractivity contribution in [3.8, 4) is 0 Å². The third-order valence-corrected chi connectivity index (χ3v) is 3.30. The van der Waals surface area contributed by atoms with Gasteiger partial charge in [-0.3, -0.25) is 9.59 Å². The molecular formula is C17H20BrN3O2. The van der Waals surface area contributed by atoms with E-state index < -0.39 is 5.91 Å². The summed E-state index contributed by atoms with van der Waals surface area (Å²) < 4.78 is 2.10. The molecule has 0 bridgehead atoms. The fourth-order valence-electron chi connectivity index (χ4n) is 2.10. The first-order chi connectivity index (χ1) is 10.6. The van der Waals surface area contributed by atoms with E-state index in [1.165, 1.54) is 0 Å². The molecule has 0 radical (unpaired) electrons. The molecule has 1 aromatic carbocycles. The van der Waals surface area contributed by atoms with Crippen molar-refractivity contribution in [2.45, 2.75) is 25.8 Å². The van der Waals surface area contributed by atoms with E-state index in [0.717, 1.165) is 19.4 Å². The topological polar surface area (TPSA) is 76.1 Å². The summed E-state index contributed by atoms with van der Waals surface area (Å²) in [5.74, 6) is -0.499. The average Bonchev–Trinajstić information content (AvgIpc) is 2.53. The van der Waals surface area contributed by atoms with Gasteiger partial charge in [-0.1, -0.05) is 6.07 Å². The van der Waals surface area contributed by atoms with E-state index in [4.69, 9.17) is 5.73 Å². The number of amides is 2. The molecule has 122 valence electrons. The van der Waals surface area contributed by atoms with Crippen molar-refractivity contribution in [3.63, 3.8) is 0 Å². The number of unbranched alkanes of at least 4 members (excludes halogenated alkanes) is 1. The van der Waals surface area contributed by atoms with Crippen LogP contribution in [0.4, 0.5) is 5.69 Å². The van der Waals surface area contributed by atoms with E-state index in [-0.39, 0.29) is 22.9 Å². The van der Waals surface area contributed by atoms with Crippen LogP contribution in [0, 0.1) is 0 Å². The van der Waals surface area contributed by atoms with Crippen molar-refractivity contribution in [2.24, 2.45) is 5.73 Å². The zero-order valence-corrected chi connectivity index (χ0v) is 14.3. The molecule has 0 atom stereocenters. The molecule has 5 nitrogen and oxygen atoms in total. The maximum absolute atomic E-state index is 11.8. The Morgan fingerprint density at radius 3 is 2.26 bits per heavy atom. The molecule has 0 saturated heterocycles. The van der Waals surface area contributed by atoms with Crippen LogP contribution in [0.1, 0.15) is 29.6 Å². The zero-order valence-electron chi connectivity index (χ0n) is 12.7. The number of benzene rings is 1. The number of nitrogens with one attached hydrogen (secondary N) is 1. The first-order valence-corrected chi connectivity index (χ1v) is 7.29. The molecule has 0 aliphatic carbocycles. The highest BCUT2D eigenvalue weighted by Gasteiger charge is 2.05. The predicted molar refractivity (Wildman–Crippen MR) is 84.1 cm³/mol. The highest BCUT2D eigenvalue weighted by Crippen LogP contribution is 2.10. The summed E-state index contributed by atoms with van der Waals surface area (Å²) in [6.45, 7) is 0.904. The molecule has 0 saturated carbocycles. The van der Waals surface area contributed by atoms with Crippen molar-refractivity contribution >= 4 is 17.5 Å². The number of hydrogen-bond donors (Lipinski definition) is 2. The Morgan fingerprint density at radius 1 is 1.00 bits per heavy atom. The molecule has 23 heavy (non-hydrogen) atoms. The molecule has 3 N–H and O–H groups in total. The number of nitrogens with two attached hydrogens (primary N) is 1. The average molecular weight is 378 g/mol. The molecule has 0 aliphatic rings. The monoisotopic (exact) mass is 377 g/mol. The van der Waals surface area contributed by atoms with Gasteiger partial charge in [0, 0.05) is 36.2 Å². The van der Waals surface area contributed by atoms with Crippen LogP contribution >= 0.6 is 0 Å². The predicted octanol–water partition coefficient (Wildman–Crippen LogP) is -1.11. The number of carbonyl (C=O) groups is 2. The Labute approximate surface area is 146 Å². The van der Waals surface area contributed by atoms with Gasteiger partial charge in [-0.05, 0) is 30.7 Å². The summed E-state index contributed by atoms with van der Waals surface area (Å²) in [5.41, 5.74) is 6.27. The largest absolute Gasteiger partial charge is 1.00 e. The molecule has 2 rings (SSSR count). The van der Waals surface area contributed by atoms with Gasteiger partial charge in [-0.25, -0.2) is 4.57 Å². The second-order valence-corrected chi connectivity index (χ2v) is 5.06. The van der Waals surface area contributed by atoms with E-state index in [1.54, 1.807) is 24.3 Å². The standard InChI is InChI=1S/C17H19N3O2.BrH/c18-17(22)14-7-9-15(10-8-14)19-16(21)6-2-5-13-20-11-3-1-4-12-20;/h1,3-4,7-12H,2,5-6,13H2,(H2-,18,19,21,22);1H. The normalized spacial score (nSPS) is 9.74. The van der Waals surface area contributed by atoms with Crippen LogP contribution in [0.5, 0.6) is 0 Å². The number of hydrogen-bond acceptors (Lipinski definition) is 2. The second kappa shape index (κ2) is 9.74. The van der Waals surface area contributed by atoms with E-state index in [1.807, 2.05) is 30.6 Å². The molecule has 0 aliphatic heterocycles. The molecule has 0 fully saturated rings. The molecular weight excluding hydrogens is 358 g/mol. The Balaban J connectivity index is 0.00000264. The third-order valence-electron chi connectivity index (χ3n) is 3.30. The minimum Gasteiger partial charge on any atom is -1.00 e. The van der Waals surface area contributed by atoms with Crippen LogP contribution in [0.3, 0.4) is 0 Å². The molecule has 1 aromatic heterocycles. The number of aromatic nitrogens is 1. The Morgan fingerprint density at radius 2 is 1.65 bits per heavy atom. The van der Waals surface area contributed by atoms with Crippen LogP contribution in [-0.2, 0) is 11.3 Å². The van der Waals surface area contributed by atoms with Crippen LogP contribution in [0.15, 0.2) is 54.9 Å². The summed E-state index contributed by atoms with van der Waals surface area (Å²) in [6.07, 6.45) is 6.28. The summed E-state index contributed by atoms with van der Waals surface area (Å²) in [5, 5.41) is 2.81. The van der Waals surface area contributed by atoms with Gasteiger partial charge in [0.25, 0.3) is 0 Å². The van der Waals surface area contributed by atoms with Gasteiger partial charge in [-0.2, -0.15) is 0 Å². The lowest BCUT2D eigenvalue weighted by atomic mass is 10.2. The number of anilines is 1. The van der Waals surface area contributed by atoms with E-state index in [9.17, 15) is 9.59 Å². The second-order valence-electron chi connectivity index (χ2n) is 5.06. The lowest BCUT2D eigenvalue weighted by Gasteiger charge is -2.05. The smallest absolute Gasteiger partial charge is 0.248 e. The summed E-state index contributed by atoms with van der Waals surface area (Å²) in [6, 6.07) is 12.5. The van der Waals surface area contributed by atoms with Gasteiger partial charge in [0.15, 0.2) is 12.4 Å². The number of aryl methyl sites for hydroxylation is 1. The highest BCUT2D eigenvalue weighted by atomic mass is 79.9. The lowest BCUT2D eigenvalue weighted by molar-refractivity contribution is -0.697. The quantitative estimate of drug-likeness (QED) is 0.474. The van der Waals surface area contributed by atoms with Crippen molar-refractivity contribution in [2.75, 3.05) is 5.32 Å². The molecule has 6 heteroatoms. The van der Waals surface area contributed by atoms with Crippen LogP contribution in [-0.4, -0.2) is 11.8 Å². The highest BCUT2D eigenvalue weighted by molar-refractivity contribution is 5.94. The van der Waals surface area contributed by atoms with Gasteiger partial charge in [0.05, 0.1) is 0 Å². The first-order valence-electron chi connectivity index (χ1n) is 7.29. The number of halogens is 1. The van der Waals surface area contributed by atoms with Crippen molar-refractivity contribution in [3.05, 3.63) is 60.4 Å². The Kier molecular flexibility index (Phi) is 7.97. The minimum absolute atomic E-state index is 0. The third kappa shape index (κ3) is 6.61. The van der Waals surface area contributed by atoms with Crippen LogP contribution in [0.2, 0.25) is 0 Å². The van der Waals surface area contributed by atoms with Crippen LogP contribution < -0.4 is 32.6 Å². The fourth-order valence-corrected chi connectivity index (χ4v) is 2.10. The van der Waals surface area contributed by atoms with Crippen molar-refractivity contribution in [1.29, 1.82) is 0 Å². The maximum atomic E-state index is 11.8. The summed E-state index contributed by atoms with van der Waals surface area (Å²) >= 11 is 0. The lowest BCUT2D eigenvalue weighted by Crippen LogP contribution is -3.00. The fraction of sp³-hybridized carbons (Fsp3) is 0.235. The van der Waals surface area contributed by atoms with Gasteiger partial charge < -0.3 is 28.0 Å². The van der Waals surface area contributed by atoms with Gasteiger partial charge in [-0.15, -0.1) is 0 Å². The number of nitrogens with zero attached hydrogens (tertiary/aromatic N) is 1. The van der Waals surface area contributed by atoms with E-state index >= 15 is 0 Å². The molecule has 0 spiro atoms. The maximum Gasteiger partial charge on any atom is 0.248 e. The zero-order chi connectivity index (χ0) is 15.8. The van der Waals surface area contributed by atoms with E-state index in [0.29, 0.717) is 17.7 Å².